The summed E-state index contributed by atoms with van der Waals surface area (Å²) in [6, 6.07) is 0. The smallest absolute Gasteiger partial charge is 0.225 e. The van der Waals surface area contributed by atoms with Crippen molar-refractivity contribution in [1.29, 1.82) is 0 Å². The quantitative estimate of drug-likeness (QED) is 0.810. The van der Waals surface area contributed by atoms with Crippen LogP contribution < -0.4 is 5.32 Å². The third-order valence-electron chi connectivity index (χ3n) is 1.50. The summed E-state index contributed by atoms with van der Waals surface area (Å²) >= 11 is 1.43. The van der Waals surface area contributed by atoms with Crippen LogP contribution in [0.2, 0.25) is 0 Å². The van der Waals surface area contributed by atoms with E-state index in [4.69, 9.17) is 0 Å². The fourth-order valence-corrected chi connectivity index (χ4v) is 1.49. The van der Waals surface area contributed by atoms with Crippen LogP contribution in [0.3, 0.4) is 0 Å². The van der Waals surface area contributed by atoms with Crippen molar-refractivity contribution in [3.8, 4) is 0 Å². The van der Waals surface area contributed by atoms with Gasteiger partial charge in [-0.1, -0.05) is 32.1 Å². The first-order valence-electron chi connectivity index (χ1n) is 4.26. The van der Waals surface area contributed by atoms with Crippen molar-refractivity contribution < 1.29 is 4.79 Å². The molecule has 0 unspecified atom stereocenters. The molecule has 1 heterocycles. The van der Waals surface area contributed by atoms with E-state index >= 15 is 0 Å². The molecule has 0 aliphatic heterocycles. The van der Waals surface area contributed by atoms with E-state index in [2.05, 4.69) is 15.5 Å². The van der Waals surface area contributed by atoms with Gasteiger partial charge >= 0.3 is 0 Å². The number of anilines is 1. The Labute approximate surface area is 81.4 Å². The lowest BCUT2D eigenvalue weighted by atomic mass is 10.2. The van der Waals surface area contributed by atoms with E-state index in [9.17, 15) is 4.79 Å². The van der Waals surface area contributed by atoms with E-state index in [1.165, 1.54) is 11.3 Å². The van der Waals surface area contributed by atoms with E-state index in [-0.39, 0.29) is 5.91 Å². The zero-order valence-corrected chi connectivity index (χ0v) is 8.81. The van der Waals surface area contributed by atoms with Crippen LogP contribution in [0.25, 0.3) is 0 Å². The summed E-state index contributed by atoms with van der Waals surface area (Å²) in [5, 5.41) is 12.0. The first-order chi connectivity index (χ1) is 6.13. The summed E-state index contributed by atoms with van der Waals surface area (Å²) in [6.07, 6.45) is 0.469. The molecule has 5 heteroatoms. The lowest BCUT2D eigenvalue weighted by Crippen LogP contribution is -2.08. The number of aromatic nitrogens is 2. The molecular weight excluding hydrogens is 186 g/mol. The molecule has 0 radical (unpaired) electrons. The fourth-order valence-electron chi connectivity index (χ4n) is 0.726. The van der Waals surface area contributed by atoms with E-state index in [1.807, 2.05) is 13.8 Å². The first-order valence-corrected chi connectivity index (χ1v) is 5.08. The van der Waals surface area contributed by atoms with Crippen molar-refractivity contribution in [2.45, 2.75) is 33.1 Å². The maximum Gasteiger partial charge on any atom is 0.225 e. The second-order valence-corrected chi connectivity index (χ2v) is 4.01. The van der Waals surface area contributed by atoms with Gasteiger partial charge in [-0.25, -0.2) is 0 Å². The predicted octanol–water partition coefficient (Wildman–Crippen LogP) is 2.01. The Morgan fingerprint density at radius 3 is 2.69 bits per heavy atom. The van der Waals surface area contributed by atoms with Gasteiger partial charge in [-0.15, -0.1) is 10.2 Å². The molecule has 13 heavy (non-hydrogen) atoms. The molecule has 0 aliphatic rings. The van der Waals surface area contributed by atoms with Crippen molar-refractivity contribution in [2.75, 3.05) is 5.32 Å². The molecule has 0 bridgehead atoms. The highest BCUT2D eigenvalue weighted by Crippen LogP contribution is 2.22. The average molecular weight is 199 g/mol. The van der Waals surface area contributed by atoms with Crippen molar-refractivity contribution in [1.82, 2.24) is 10.2 Å². The number of amides is 1. The third kappa shape index (κ3) is 2.77. The van der Waals surface area contributed by atoms with Gasteiger partial charge < -0.3 is 5.32 Å². The summed E-state index contributed by atoms with van der Waals surface area (Å²) in [5.41, 5.74) is 0. The monoisotopic (exact) mass is 199 g/mol. The molecule has 0 spiro atoms. The Morgan fingerprint density at radius 1 is 1.54 bits per heavy atom. The fraction of sp³-hybridized carbons (Fsp3) is 0.625. The minimum absolute atomic E-state index is 0.0218. The second kappa shape index (κ2) is 4.32. The zero-order chi connectivity index (χ0) is 9.84. The SMILES string of the molecule is CCC(=O)Nc1nnc(C(C)C)s1. The van der Waals surface area contributed by atoms with Crippen molar-refractivity contribution in [3.05, 3.63) is 5.01 Å². The van der Waals surface area contributed by atoms with Gasteiger partial charge in [0.05, 0.1) is 0 Å². The standard InChI is InChI=1S/C8H13N3OS/c1-4-6(12)9-8-11-10-7(13-8)5(2)3/h5H,4H2,1-3H3,(H,9,11,12). The van der Waals surface area contributed by atoms with Gasteiger partial charge in [0, 0.05) is 12.3 Å². The largest absolute Gasteiger partial charge is 0.301 e. The van der Waals surface area contributed by atoms with Crippen LogP contribution in [0.1, 0.15) is 38.1 Å². The molecule has 1 amide bonds. The van der Waals surface area contributed by atoms with Gasteiger partial charge in [0.25, 0.3) is 0 Å². The topological polar surface area (TPSA) is 54.9 Å². The maximum atomic E-state index is 11.0. The Kier molecular flexibility index (Phi) is 3.36. The normalized spacial score (nSPS) is 10.5. The van der Waals surface area contributed by atoms with Gasteiger partial charge in [0.1, 0.15) is 5.01 Å². The van der Waals surface area contributed by atoms with Gasteiger partial charge in [-0.05, 0) is 0 Å². The van der Waals surface area contributed by atoms with Gasteiger partial charge in [0.2, 0.25) is 11.0 Å². The molecule has 0 saturated carbocycles. The number of rotatable bonds is 3. The summed E-state index contributed by atoms with van der Waals surface area (Å²) < 4.78 is 0. The molecule has 1 aromatic heterocycles. The highest BCUT2D eigenvalue weighted by molar-refractivity contribution is 7.15. The number of nitrogens with zero attached hydrogens (tertiary/aromatic N) is 2. The molecule has 0 atom stereocenters. The summed E-state index contributed by atoms with van der Waals surface area (Å²) in [4.78, 5) is 11.0. The molecule has 0 aliphatic carbocycles. The minimum atomic E-state index is -0.0218. The minimum Gasteiger partial charge on any atom is -0.301 e. The second-order valence-electron chi connectivity index (χ2n) is 3.00. The molecule has 0 fully saturated rings. The van der Waals surface area contributed by atoms with Crippen molar-refractivity contribution in [3.63, 3.8) is 0 Å². The summed E-state index contributed by atoms with van der Waals surface area (Å²) in [5.74, 6) is 0.344. The number of carbonyl (C=O) groups excluding carboxylic acids is 1. The lowest BCUT2D eigenvalue weighted by Gasteiger charge is -1.95. The Morgan fingerprint density at radius 2 is 2.23 bits per heavy atom. The molecule has 1 aromatic rings. The molecular formula is C8H13N3OS. The van der Waals surface area contributed by atoms with E-state index < -0.39 is 0 Å². The van der Waals surface area contributed by atoms with Gasteiger partial charge in [-0.2, -0.15) is 0 Å². The van der Waals surface area contributed by atoms with Crippen LogP contribution in [0, 0.1) is 0 Å². The van der Waals surface area contributed by atoms with E-state index in [1.54, 1.807) is 6.92 Å². The summed E-state index contributed by atoms with van der Waals surface area (Å²) in [7, 11) is 0. The van der Waals surface area contributed by atoms with Crippen LogP contribution in [0.5, 0.6) is 0 Å². The van der Waals surface area contributed by atoms with Crippen LogP contribution in [-0.4, -0.2) is 16.1 Å². The first kappa shape index (κ1) is 10.1. The van der Waals surface area contributed by atoms with E-state index in [0.717, 1.165) is 5.01 Å². The predicted molar refractivity (Wildman–Crippen MR) is 52.9 cm³/mol. The number of hydrogen-bond acceptors (Lipinski definition) is 4. The Balaban J connectivity index is 2.64. The average Bonchev–Trinajstić information content (AvgIpc) is 2.52. The number of hydrogen-bond donors (Lipinski definition) is 1. The van der Waals surface area contributed by atoms with Gasteiger partial charge in [-0.3, -0.25) is 4.79 Å². The molecule has 0 saturated heterocycles. The Hall–Kier alpha value is -0.970. The highest BCUT2D eigenvalue weighted by Gasteiger charge is 2.08. The Bertz CT molecular complexity index is 295. The van der Waals surface area contributed by atoms with Crippen LogP contribution in [0.15, 0.2) is 0 Å². The maximum absolute atomic E-state index is 11.0. The molecule has 1 N–H and O–H groups in total. The van der Waals surface area contributed by atoms with E-state index in [0.29, 0.717) is 17.5 Å². The molecule has 0 aromatic carbocycles. The lowest BCUT2D eigenvalue weighted by molar-refractivity contribution is -0.115. The van der Waals surface area contributed by atoms with Crippen LogP contribution >= 0.6 is 11.3 Å². The molecule has 1 rings (SSSR count). The zero-order valence-electron chi connectivity index (χ0n) is 8.00. The third-order valence-corrected chi connectivity index (χ3v) is 2.64. The molecule has 4 nitrogen and oxygen atoms in total. The number of nitrogens with one attached hydrogen (secondary N) is 1. The highest BCUT2D eigenvalue weighted by atomic mass is 32.1. The van der Waals surface area contributed by atoms with Crippen molar-refractivity contribution >= 4 is 22.4 Å². The number of carbonyl (C=O) groups is 1. The summed E-state index contributed by atoms with van der Waals surface area (Å²) in [6.45, 7) is 5.90. The molecule has 72 valence electrons. The van der Waals surface area contributed by atoms with Crippen molar-refractivity contribution in [2.24, 2.45) is 0 Å². The van der Waals surface area contributed by atoms with Crippen LogP contribution in [-0.2, 0) is 4.79 Å². The van der Waals surface area contributed by atoms with Crippen LogP contribution in [0.4, 0.5) is 5.13 Å². The van der Waals surface area contributed by atoms with Gasteiger partial charge in [0.15, 0.2) is 0 Å².